The van der Waals surface area contributed by atoms with Crippen LogP contribution in [0, 0.1) is 0 Å². The second-order valence-corrected chi connectivity index (χ2v) is 7.33. The van der Waals surface area contributed by atoms with Gasteiger partial charge in [0.15, 0.2) is 10.9 Å². The van der Waals surface area contributed by atoms with Crippen molar-refractivity contribution in [2.75, 3.05) is 11.5 Å². The van der Waals surface area contributed by atoms with Gasteiger partial charge in [0.25, 0.3) is 5.91 Å². The van der Waals surface area contributed by atoms with E-state index in [0.29, 0.717) is 31.2 Å². The zero-order valence-corrected chi connectivity index (χ0v) is 15.6. The number of rotatable bonds is 5. The lowest BCUT2D eigenvalue weighted by molar-refractivity contribution is -0.139. The highest BCUT2D eigenvalue weighted by Crippen LogP contribution is 2.37. The first-order valence-corrected chi connectivity index (χ1v) is 9.03. The Balaban J connectivity index is 1.90. The summed E-state index contributed by atoms with van der Waals surface area (Å²) in [6.45, 7) is -0.464. The third-order valence-corrected chi connectivity index (χ3v) is 4.95. The van der Waals surface area contributed by atoms with Gasteiger partial charge in [-0.25, -0.2) is 4.79 Å². The van der Waals surface area contributed by atoms with Gasteiger partial charge in [0.2, 0.25) is 0 Å². The molecule has 132 valence electrons. The fraction of sp³-hybridized carbons (Fsp3) is 0.0556. The second-order valence-electron chi connectivity index (χ2n) is 5.22. The van der Waals surface area contributed by atoms with E-state index in [0.717, 1.165) is 11.8 Å². The lowest BCUT2D eigenvalue weighted by Gasteiger charge is -2.14. The molecule has 5 nitrogen and oxygen atoms in total. The molecule has 0 saturated carbocycles. The molecule has 1 amide bonds. The van der Waals surface area contributed by atoms with Crippen molar-refractivity contribution >= 4 is 63.5 Å². The van der Waals surface area contributed by atoms with Crippen LogP contribution in [-0.4, -0.2) is 27.9 Å². The van der Waals surface area contributed by atoms with Crippen molar-refractivity contribution in [1.82, 2.24) is 0 Å². The maximum absolute atomic E-state index is 12.8. The van der Waals surface area contributed by atoms with Crippen LogP contribution in [0.2, 0.25) is 5.02 Å². The number of ether oxygens (including phenoxy) is 1. The van der Waals surface area contributed by atoms with Crippen molar-refractivity contribution in [3.8, 4) is 5.75 Å². The summed E-state index contributed by atoms with van der Waals surface area (Å²) in [6, 6.07) is 13.8. The van der Waals surface area contributed by atoms with Crippen LogP contribution in [0.25, 0.3) is 6.08 Å². The normalized spacial score (nSPS) is 15.6. The third kappa shape index (κ3) is 4.07. The maximum Gasteiger partial charge on any atom is 0.341 e. The van der Waals surface area contributed by atoms with Gasteiger partial charge in [-0.05, 0) is 30.3 Å². The van der Waals surface area contributed by atoms with E-state index in [-0.39, 0.29) is 5.91 Å². The Bertz CT molecular complexity index is 929. The molecule has 0 aromatic heterocycles. The van der Waals surface area contributed by atoms with Crippen LogP contribution in [0.3, 0.4) is 0 Å². The summed E-state index contributed by atoms with van der Waals surface area (Å²) < 4.78 is 5.67. The molecule has 0 atom stereocenters. The van der Waals surface area contributed by atoms with Gasteiger partial charge in [-0.2, -0.15) is 0 Å². The molecule has 1 aliphatic rings. The number of benzene rings is 2. The number of carboxylic acids is 1. The van der Waals surface area contributed by atoms with E-state index in [1.54, 1.807) is 54.6 Å². The van der Waals surface area contributed by atoms with Crippen molar-refractivity contribution in [1.29, 1.82) is 0 Å². The van der Waals surface area contributed by atoms with Crippen molar-refractivity contribution in [3.05, 3.63) is 64.0 Å². The predicted octanol–water partition coefficient (Wildman–Crippen LogP) is 4.21. The van der Waals surface area contributed by atoms with E-state index in [4.69, 9.17) is 33.7 Å². The maximum atomic E-state index is 12.8. The highest BCUT2D eigenvalue weighted by molar-refractivity contribution is 8.27. The molecule has 1 N–H and O–H groups in total. The highest BCUT2D eigenvalue weighted by atomic mass is 35.5. The van der Waals surface area contributed by atoms with Gasteiger partial charge in [-0.15, -0.1) is 0 Å². The zero-order chi connectivity index (χ0) is 18.7. The van der Waals surface area contributed by atoms with Crippen LogP contribution in [0.1, 0.15) is 5.56 Å². The summed E-state index contributed by atoms with van der Waals surface area (Å²) in [6.07, 6.45) is 1.64. The van der Waals surface area contributed by atoms with Gasteiger partial charge in [-0.1, -0.05) is 59.8 Å². The summed E-state index contributed by atoms with van der Waals surface area (Å²) >= 11 is 12.5. The Morgan fingerprint density at radius 3 is 2.77 bits per heavy atom. The minimum absolute atomic E-state index is 0.268. The fourth-order valence-electron chi connectivity index (χ4n) is 2.32. The summed E-state index contributed by atoms with van der Waals surface area (Å²) in [4.78, 5) is 25.3. The first-order valence-electron chi connectivity index (χ1n) is 7.43. The standard InChI is InChI=1S/C18H12ClNO4S2/c19-12-5-3-6-13(9-12)20-17(23)15(26-18(20)25)8-11-4-1-2-7-14(11)24-10-16(21)22/h1-9H,10H2,(H,21,22)/b15-8-. The zero-order valence-electron chi connectivity index (χ0n) is 13.2. The molecular weight excluding hydrogens is 394 g/mol. The summed E-state index contributed by atoms with van der Waals surface area (Å²) in [7, 11) is 0. The van der Waals surface area contributed by atoms with E-state index in [9.17, 15) is 9.59 Å². The van der Waals surface area contributed by atoms with Gasteiger partial charge in [-0.3, -0.25) is 9.69 Å². The minimum atomic E-state index is -1.08. The highest BCUT2D eigenvalue weighted by Gasteiger charge is 2.33. The predicted molar refractivity (Wildman–Crippen MR) is 107 cm³/mol. The van der Waals surface area contributed by atoms with E-state index >= 15 is 0 Å². The van der Waals surface area contributed by atoms with Crippen molar-refractivity contribution in [3.63, 3.8) is 0 Å². The number of thioether (sulfide) groups is 1. The number of amides is 1. The van der Waals surface area contributed by atoms with E-state index in [2.05, 4.69) is 0 Å². The number of halogens is 1. The summed E-state index contributed by atoms with van der Waals surface area (Å²) in [5, 5.41) is 9.28. The van der Waals surface area contributed by atoms with Crippen LogP contribution >= 0.6 is 35.6 Å². The quantitative estimate of drug-likeness (QED) is 0.593. The lowest BCUT2D eigenvalue weighted by Crippen LogP contribution is -2.27. The van der Waals surface area contributed by atoms with Crippen LogP contribution in [0.15, 0.2) is 53.4 Å². The third-order valence-electron chi connectivity index (χ3n) is 3.42. The summed E-state index contributed by atoms with van der Waals surface area (Å²) in [5.74, 6) is -0.967. The lowest BCUT2D eigenvalue weighted by atomic mass is 10.2. The van der Waals surface area contributed by atoms with Crippen molar-refractivity contribution in [2.24, 2.45) is 0 Å². The largest absolute Gasteiger partial charge is 0.481 e. The Kier molecular flexibility index (Phi) is 5.61. The molecule has 2 aromatic carbocycles. The minimum Gasteiger partial charge on any atom is -0.481 e. The molecule has 0 spiro atoms. The average Bonchev–Trinajstić information content (AvgIpc) is 2.87. The Hall–Kier alpha value is -2.35. The van der Waals surface area contributed by atoms with E-state index < -0.39 is 12.6 Å². The molecule has 1 saturated heterocycles. The first-order chi connectivity index (χ1) is 12.5. The molecular formula is C18H12ClNO4S2. The smallest absolute Gasteiger partial charge is 0.341 e. The van der Waals surface area contributed by atoms with Gasteiger partial charge < -0.3 is 9.84 Å². The number of carbonyl (C=O) groups is 2. The Morgan fingerprint density at radius 2 is 2.04 bits per heavy atom. The molecule has 3 rings (SSSR count). The van der Waals surface area contributed by atoms with E-state index in [1.807, 2.05) is 0 Å². The van der Waals surface area contributed by atoms with Gasteiger partial charge in [0, 0.05) is 10.6 Å². The molecule has 1 fully saturated rings. The van der Waals surface area contributed by atoms with Gasteiger partial charge in [0.05, 0.1) is 10.6 Å². The van der Waals surface area contributed by atoms with Crippen LogP contribution in [-0.2, 0) is 9.59 Å². The SMILES string of the molecule is O=C(O)COc1ccccc1/C=C1\SC(=S)N(c2cccc(Cl)c2)C1=O. The Morgan fingerprint density at radius 1 is 1.27 bits per heavy atom. The number of nitrogens with zero attached hydrogens (tertiary/aromatic N) is 1. The number of para-hydroxylation sites is 1. The number of anilines is 1. The first kappa shape index (κ1) is 18.4. The van der Waals surface area contributed by atoms with Crippen molar-refractivity contribution in [2.45, 2.75) is 0 Å². The molecule has 0 radical (unpaired) electrons. The van der Waals surface area contributed by atoms with Crippen molar-refractivity contribution < 1.29 is 19.4 Å². The number of thiocarbonyl (C=S) groups is 1. The molecule has 2 aromatic rings. The molecule has 1 heterocycles. The van der Waals surface area contributed by atoms with Gasteiger partial charge >= 0.3 is 5.97 Å². The molecule has 1 aliphatic heterocycles. The average molecular weight is 406 g/mol. The van der Waals surface area contributed by atoms with Crippen LogP contribution in [0.4, 0.5) is 5.69 Å². The number of carboxylic acid groups (broad SMARTS) is 1. The molecule has 0 bridgehead atoms. The fourth-order valence-corrected chi connectivity index (χ4v) is 3.79. The number of hydrogen-bond donors (Lipinski definition) is 1. The molecule has 8 heteroatoms. The van der Waals surface area contributed by atoms with Crippen LogP contribution < -0.4 is 9.64 Å². The number of hydrogen-bond acceptors (Lipinski definition) is 5. The monoisotopic (exact) mass is 405 g/mol. The number of aliphatic carboxylic acids is 1. The Labute approximate surface area is 164 Å². The molecule has 0 aliphatic carbocycles. The van der Waals surface area contributed by atoms with Crippen LogP contribution in [0.5, 0.6) is 5.75 Å². The second kappa shape index (κ2) is 7.90. The number of carbonyl (C=O) groups excluding carboxylic acids is 1. The van der Waals surface area contributed by atoms with Gasteiger partial charge in [0.1, 0.15) is 5.75 Å². The molecule has 26 heavy (non-hydrogen) atoms. The van der Waals surface area contributed by atoms with E-state index in [1.165, 1.54) is 4.90 Å². The topological polar surface area (TPSA) is 66.8 Å². The summed E-state index contributed by atoms with van der Waals surface area (Å²) in [5.41, 5.74) is 1.19. The molecule has 0 unspecified atom stereocenters.